The first-order valence-electron chi connectivity index (χ1n) is 6.05. The van der Waals surface area contributed by atoms with Gasteiger partial charge in [0.1, 0.15) is 6.61 Å². The Kier molecular flexibility index (Phi) is 9.15. The van der Waals surface area contributed by atoms with E-state index in [0.29, 0.717) is 6.04 Å². The Morgan fingerprint density at radius 2 is 2.12 bits per heavy atom. The maximum atomic E-state index is 10.8. The van der Waals surface area contributed by atoms with E-state index in [2.05, 4.69) is 12.2 Å². The van der Waals surface area contributed by atoms with E-state index in [1.807, 2.05) is 26.1 Å². The van der Waals surface area contributed by atoms with E-state index in [4.69, 9.17) is 4.74 Å². The molecule has 0 amide bonds. The van der Waals surface area contributed by atoms with Crippen LogP contribution in [0.2, 0.25) is 0 Å². The molecule has 0 heterocycles. The number of ether oxygens (including phenoxy) is 1. The van der Waals surface area contributed by atoms with Crippen molar-refractivity contribution >= 4 is 5.78 Å². The van der Waals surface area contributed by atoms with Gasteiger partial charge in [0, 0.05) is 6.04 Å². The lowest BCUT2D eigenvalue weighted by Crippen LogP contribution is -2.26. The fourth-order valence-electron chi connectivity index (χ4n) is 1.59. The number of rotatable bonds is 9. The number of carbonyl (C=O) groups excluding carboxylic acids is 1. The molecular formula is C13H25NO2. The highest BCUT2D eigenvalue weighted by Gasteiger charge is 2.10. The van der Waals surface area contributed by atoms with Gasteiger partial charge in [-0.1, -0.05) is 19.1 Å². The van der Waals surface area contributed by atoms with Crippen LogP contribution in [0.1, 0.15) is 40.0 Å². The molecule has 94 valence electrons. The van der Waals surface area contributed by atoms with Crippen LogP contribution in [0.5, 0.6) is 0 Å². The van der Waals surface area contributed by atoms with Crippen LogP contribution in [0, 0.1) is 0 Å². The Hall–Kier alpha value is -0.670. The van der Waals surface area contributed by atoms with Gasteiger partial charge in [-0.3, -0.25) is 4.79 Å². The molecule has 2 unspecified atom stereocenters. The summed E-state index contributed by atoms with van der Waals surface area (Å²) in [5, 5.41) is 3.27. The lowest BCUT2D eigenvalue weighted by Gasteiger charge is -2.18. The Morgan fingerprint density at radius 1 is 1.44 bits per heavy atom. The van der Waals surface area contributed by atoms with Crippen molar-refractivity contribution in [1.29, 1.82) is 0 Å². The van der Waals surface area contributed by atoms with Gasteiger partial charge < -0.3 is 10.1 Å². The summed E-state index contributed by atoms with van der Waals surface area (Å²) in [5.74, 6) is 0.0789. The zero-order valence-corrected chi connectivity index (χ0v) is 11.0. The molecule has 0 aromatic heterocycles. The highest BCUT2D eigenvalue weighted by Crippen LogP contribution is 2.09. The van der Waals surface area contributed by atoms with E-state index < -0.39 is 0 Å². The minimum Gasteiger partial charge on any atom is -0.366 e. The molecule has 0 aliphatic carbocycles. The summed E-state index contributed by atoms with van der Waals surface area (Å²) in [6.07, 6.45) is 7.20. The first kappa shape index (κ1) is 15.3. The van der Waals surface area contributed by atoms with Crippen molar-refractivity contribution in [2.75, 3.05) is 13.7 Å². The topological polar surface area (TPSA) is 38.3 Å². The van der Waals surface area contributed by atoms with Gasteiger partial charge in [0.2, 0.25) is 0 Å². The Balaban J connectivity index is 3.97. The lowest BCUT2D eigenvalue weighted by molar-refractivity contribution is -0.122. The van der Waals surface area contributed by atoms with Gasteiger partial charge in [0.25, 0.3) is 0 Å². The zero-order chi connectivity index (χ0) is 12.4. The molecule has 0 saturated heterocycles. The molecule has 0 fully saturated rings. The van der Waals surface area contributed by atoms with Crippen molar-refractivity contribution in [1.82, 2.24) is 5.32 Å². The third-order valence-electron chi connectivity index (χ3n) is 2.61. The maximum Gasteiger partial charge on any atom is 0.155 e. The third kappa shape index (κ3) is 7.60. The molecule has 3 heteroatoms. The number of ketones is 1. The minimum absolute atomic E-state index is 0.0660. The van der Waals surface area contributed by atoms with Crippen LogP contribution in [0.15, 0.2) is 12.2 Å². The molecule has 0 aliphatic heterocycles. The normalized spacial score (nSPS) is 15.2. The predicted molar refractivity (Wildman–Crippen MR) is 67.6 cm³/mol. The molecule has 16 heavy (non-hydrogen) atoms. The second kappa shape index (κ2) is 9.55. The average molecular weight is 227 g/mol. The quantitative estimate of drug-likeness (QED) is 0.614. The van der Waals surface area contributed by atoms with Crippen molar-refractivity contribution < 1.29 is 9.53 Å². The van der Waals surface area contributed by atoms with E-state index in [9.17, 15) is 4.79 Å². The van der Waals surface area contributed by atoms with Crippen LogP contribution in [0.4, 0.5) is 0 Å². The van der Waals surface area contributed by atoms with Crippen molar-refractivity contribution in [3.63, 3.8) is 0 Å². The van der Waals surface area contributed by atoms with E-state index in [0.717, 1.165) is 19.3 Å². The van der Waals surface area contributed by atoms with Gasteiger partial charge in [0.05, 0.1) is 6.10 Å². The average Bonchev–Trinajstić information content (AvgIpc) is 2.26. The molecule has 0 bridgehead atoms. The van der Waals surface area contributed by atoms with Gasteiger partial charge in [-0.2, -0.15) is 0 Å². The highest BCUT2D eigenvalue weighted by molar-refractivity contribution is 5.76. The van der Waals surface area contributed by atoms with Crippen molar-refractivity contribution in [3.8, 4) is 0 Å². The van der Waals surface area contributed by atoms with Crippen LogP contribution in [0.25, 0.3) is 0 Å². The van der Waals surface area contributed by atoms with Gasteiger partial charge in [-0.05, 0) is 40.2 Å². The van der Waals surface area contributed by atoms with E-state index in [-0.39, 0.29) is 18.5 Å². The van der Waals surface area contributed by atoms with Crippen LogP contribution < -0.4 is 5.32 Å². The molecule has 2 atom stereocenters. The molecule has 0 aromatic carbocycles. The van der Waals surface area contributed by atoms with Gasteiger partial charge >= 0.3 is 0 Å². The first-order chi connectivity index (χ1) is 7.63. The van der Waals surface area contributed by atoms with E-state index in [1.54, 1.807) is 6.92 Å². The number of allylic oxidation sites excluding steroid dienone is 1. The van der Waals surface area contributed by atoms with E-state index >= 15 is 0 Å². The Labute approximate surface area is 99.3 Å². The molecule has 0 aromatic rings. The highest BCUT2D eigenvalue weighted by atomic mass is 16.5. The van der Waals surface area contributed by atoms with Gasteiger partial charge in [-0.25, -0.2) is 0 Å². The number of carbonyl (C=O) groups is 1. The fraction of sp³-hybridized carbons (Fsp3) is 0.769. The number of nitrogens with one attached hydrogen (secondary N) is 1. The second-order valence-corrected chi connectivity index (χ2v) is 4.05. The predicted octanol–water partition coefficient (Wildman–Crippen LogP) is 2.31. The molecule has 0 aliphatic rings. The number of hydrogen-bond acceptors (Lipinski definition) is 3. The van der Waals surface area contributed by atoms with Crippen molar-refractivity contribution in [3.05, 3.63) is 12.2 Å². The molecule has 0 radical (unpaired) electrons. The second-order valence-electron chi connectivity index (χ2n) is 4.05. The Bertz CT molecular complexity index is 210. The first-order valence-corrected chi connectivity index (χ1v) is 6.05. The fourth-order valence-corrected chi connectivity index (χ4v) is 1.59. The zero-order valence-electron chi connectivity index (χ0n) is 11.0. The van der Waals surface area contributed by atoms with Gasteiger partial charge in [-0.15, -0.1) is 0 Å². The summed E-state index contributed by atoms with van der Waals surface area (Å²) in [7, 11) is 1.98. The molecule has 1 N–H and O–H groups in total. The minimum atomic E-state index is 0.0660. The smallest absolute Gasteiger partial charge is 0.155 e. The standard InChI is InChI=1S/C13H25NO2/c1-5-7-13(16-10-11(3)15)9-8-12(6-2)14-4/h5,7,12-14H,6,8-10H2,1-4H3. The third-order valence-corrected chi connectivity index (χ3v) is 2.61. The van der Waals surface area contributed by atoms with Crippen LogP contribution in [-0.4, -0.2) is 31.6 Å². The van der Waals surface area contributed by atoms with Crippen molar-refractivity contribution in [2.45, 2.75) is 52.2 Å². The van der Waals surface area contributed by atoms with Gasteiger partial charge in [0.15, 0.2) is 5.78 Å². The Morgan fingerprint density at radius 3 is 2.56 bits per heavy atom. The summed E-state index contributed by atoms with van der Waals surface area (Å²) in [6, 6.07) is 0.536. The number of Topliss-reactive ketones (excluding diaryl/α,β-unsaturated/α-hetero) is 1. The summed E-state index contributed by atoms with van der Waals surface area (Å²) in [5.41, 5.74) is 0. The summed E-state index contributed by atoms with van der Waals surface area (Å²) >= 11 is 0. The molecular weight excluding hydrogens is 202 g/mol. The largest absolute Gasteiger partial charge is 0.366 e. The summed E-state index contributed by atoms with van der Waals surface area (Å²) in [6.45, 7) is 5.91. The molecule has 0 rings (SSSR count). The van der Waals surface area contributed by atoms with E-state index in [1.165, 1.54) is 0 Å². The SMILES string of the molecule is CC=CC(CCC(CC)NC)OCC(C)=O. The van der Waals surface area contributed by atoms with Crippen molar-refractivity contribution in [2.24, 2.45) is 0 Å². The lowest BCUT2D eigenvalue weighted by atomic mass is 10.1. The van der Waals surface area contributed by atoms with Crippen LogP contribution in [-0.2, 0) is 9.53 Å². The van der Waals surface area contributed by atoms with Crippen LogP contribution >= 0.6 is 0 Å². The number of hydrogen-bond donors (Lipinski definition) is 1. The summed E-state index contributed by atoms with van der Waals surface area (Å²) < 4.78 is 5.52. The maximum absolute atomic E-state index is 10.8. The monoisotopic (exact) mass is 227 g/mol. The summed E-state index contributed by atoms with van der Waals surface area (Å²) in [4.78, 5) is 10.8. The molecule has 0 spiro atoms. The molecule has 0 saturated carbocycles. The molecule has 3 nitrogen and oxygen atoms in total. The van der Waals surface area contributed by atoms with Crippen LogP contribution in [0.3, 0.4) is 0 Å².